The second kappa shape index (κ2) is 6.60. The lowest BCUT2D eigenvalue weighted by Crippen LogP contribution is -2.49. The van der Waals surface area contributed by atoms with Gasteiger partial charge in [0.1, 0.15) is 0 Å². The average Bonchev–Trinajstić information content (AvgIpc) is 2.88. The van der Waals surface area contributed by atoms with Gasteiger partial charge < -0.3 is 15.1 Å². The molecule has 1 N–H and O–H groups in total. The van der Waals surface area contributed by atoms with E-state index in [-0.39, 0.29) is 18.0 Å². The summed E-state index contributed by atoms with van der Waals surface area (Å²) in [7, 11) is 0. The number of carbonyl (C=O) groups is 2. The number of aryl methyl sites for hydroxylation is 1. The zero-order valence-electron chi connectivity index (χ0n) is 13.9. The van der Waals surface area contributed by atoms with E-state index in [4.69, 9.17) is 0 Å². The van der Waals surface area contributed by atoms with Gasteiger partial charge in [-0.2, -0.15) is 0 Å². The Morgan fingerprint density at radius 2 is 1.96 bits per heavy atom. The van der Waals surface area contributed by atoms with E-state index in [1.54, 1.807) is 4.90 Å². The summed E-state index contributed by atoms with van der Waals surface area (Å²) in [6, 6.07) is 7.80. The van der Waals surface area contributed by atoms with Crippen LogP contribution < -0.4 is 10.2 Å². The molecule has 5 nitrogen and oxygen atoms in total. The SMILES string of the molecule is Cc1ccc(N2C[C@@H](NC(=O)N3CCC[C@H](C)C3)CC2=O)cc1. The molecule has 2 atom stereocenters. The van der Waals surface area contributed by atoms with Gasteiger partial charge in [-0.1, -0.05) is 24.6 Å². The van der Waals surface area contributed by atoms with E-state index in [2.05, 4.69) is 12.2 Å². The van der Waals surface area contributed by atoms with Crippen molar-refractivity contribution in [1.82, 2.24) is 10.2 Å². The van der Waals surface area contributed by atoms with Crippen molar-refractivity contribution in [3.8, 4) is 0 Å². The Morgan fingerprint density at radius 3 is 2.65 bits per heavy atom. The number of nitrogens with one attached hydrogen (secondary N) is 1. The molecule has 0 bridgehead atoms. The molecule has 0 spiro atoms. The number of likely N-dealkylation sites (tertiary alicyclic amines) is 1. The lowest BCUT2D eigenvalue weighted by Gasteiger charge is -2.31. The van der Waals surface area contributed by atoms with Crippen LogP contribution in [0.15, 0.2) is 24.3 Å². The highest BCUT2D eigenvalue weighted by atomic mass is 16.2. The topological polar surface area (TPSA) is 52.7 Å². The van der Waals surface area contributed by atoms with Gasteiger partial charge in [0.15, 0.2) is 0 Å². The number of piperidine rings is 1. The van der Waals surface area contributed by atoms with Crippen molar-refractivity contribution >= 4 is 17.6 Å². The average molecular weight is 315 g/mol. The van der Waals surface area contributed by atoms with Crippen LogP contribution in [0.2, 0.25) is 0 Å². The molecule has 2 aliphatic rings. The first-order chi connectivity index (χ1) is 11.0. The first-order valence-corrected chi connectivity index (χ1v) is 8.45. The smallest absolute Gasteiger partial charge is 0.317 e. The molecule has 1 aromatic rings. The molecule has 124 valence electrons. The van der Waals surface area contributed by atoms with Crippen molar-refractivity contribution in [2.24, 2.45) is 5.92 Å². The van der Waals surface area contributed by atoms with Gasteiger partial charge >= 0.3 is 6.03 Å². The molecule has 0 aliphatic carbocycles. The standard InChI is InChI=1S/C18H25N3O2/c1-13-5-7-16(8-6-13)21-12-15(10-17(21)22)19-18(23)20-9-3-4-14(2)11-20/h5-8,14-15H,3-4,9-12H2,1-2H3,(H,19,23)/t14-,15-/m0/s1. The molecule has 3 rings (SSSR count). The summed E-state index contributed by atoms with van der Waals surface area (Å²) in [4.78, 5) is 28.3. The second-order valence-electron chi connectivity index (χ2n) is 6.88. The van der Waals surface area contributed by atoms with Crippen molar-refractivity contribution in [3.05, 3.63) is 29.8 Å². The predicted octanol–water partition coefficient (Wildman–Crippen LogP) is 2.54. The van der Waals surface area contributed by atoms with E-state index >= 15 is 0 Å². The minimum atomic E-state index is -0.103. The Labute approximate surface area is 137 Å². The number of hydrogen-bond acceptors (Lipinski definition) is 2. The summed E-state index contributed by atoms with van der Waals surface area (Å²) >= 11 is 0. The van der Waals surface area contributed by atoms with Gasteiger partial charge in [0.2, 0.25) is 5.91 Å². The Kier molecular flexibility index (Phi) is 4.55. The van der Waals surface area contributed by atoms with Crippen molar-refractivity contribution in [3.63, 3.8) is 0 Å². The van der Waals surface area contributed by atoms with Crippen molar-refractivity contribution in [1.29, 1.82) is 0 Å². The van der Waals surface area contributed by atoms with E-state index in [9.17, 15) is 9.59 Å². The normalized spacial score (nSPS) is 24.9. The molecule has 2 heterocycles. The van der Waals surface area contributed by atoms with Gasteiger partial charge in [-0.3, -0.25) is 4.79 Å². The molecule has 23 heavy (non-hydrogen) atoms. The van der Waals surface area contributed by atoms with Gasteiger partial charge in [-0.25, -0.2) is 4.79 Å². The van der Waals surface area contributed by atoms with Crippen molar-refractivity contribution in [2.45, 2.75) is 39.2 Å². The van der Waals surface area contributed by atoms with Gasteiger partial charge in [-0.15, -0.1) is 0 Å². The molecule has 1 aromatic carbocycles. The quantitative estimate of drug-likeness (QED) is 0.912. The first kappa shape index (κ1) is 15.8. The fraction of sp³-hybridized carbons (Fsp3) is 0.556. The van der Waals surface area contributed by atoms with Crippen LogP contribution in [-0.2, 0) is 4.79 Å². The molecule has 2 aliphatic heterocycles. The number of nitrogens with zero attached hydrogens (tertiary/aromatic N) is 2. The third-order valence-corrected chi connectivity index (χ3v) is 4.74. The molecule has 0 radical (unpaired) electrons. The maximum absolute atomic E-state index is 12.4. The van der Waals surface area contributed by atoms with Gasteiger partial charge in [-0.05, 0) is 37.8 Å². The Bertz CT molecular complexity index is 584. The number of rotatable bonds is 2. The third kappa shape index (κ3) is 3.66. The van der Waals surface area contributed by atoms with Gasteiger partial charge in [0.25, 0.3) is 0 Å². The summed E-state index contributed by atoms with van der Waals surface area (Å²) in [6.45, 7) is 6.39. The first-order valence-electron chi connectivity index (χ1n) is 8.45. The lowest BCUT2D eigenvalue weighted by atomic mass is 10.0. The van der Waals surface area contributed by atoms with Crippen LogP contribution in [0.3, 0.4) is 0 Å². The third-order valence-electron chi connectivity index (χ3n) is 4.74. The number of urea groups is 1. The van der Waals surface area contributed by atoms with Crippen LogP contribution in [0.5, 0.6) is 0 Å². The highest BCUT2D eigenvalue weighted by molar-refractivity contribution is 5.96. The van der Waals surface area contributed by atoms with E-state index in [1.165, 1.54) is 12.0 Å². The highest BCUT2D eigenvalue weighted by Gasteiger charge is 2.33. The molecular weight excluding hydrogens is 290 g/mol. The van der Waals surface area contributed by atoms with E-state index in [0.29, 0.717) is 18.9 Å². The highest BCUT2D eigenvalue weighted by Crippen LogP contribution is 2.22. The summed E-state index contributed by atoms with van der Waals surface area (Å²) in [6.07, 6.45) is 2.63. The van der Waals surface area contributed by atoms with Crippen LogP contribution in [-0.4, -0.2) is 42.5 Å². The Balaban J connectivity index is 1.59. The molecular formula is C18H25N3O2. The zero-order chi connectivity index (χ0) is 16.4. The molecule has 0 unspecified atom stereocenters. The number of amides is 3. The summed E-state index contributed by atoms with van der Waals surface area (Å²) < 4.78 is 0. The molecule has 5 heteroatoms. The van der Waals surface area contributed by atoms with E-state index in [1.807, 2.05) is 36.1 Å². The minimum absolute atomic E-state index is 0.0277. The number of carbonyl (C=O) groups excluding carboxylic acids is 2. The Hall–Kier alpha value is -2.04. The molecule has 2 saturated heterocycles. The fourth-order valence-electron chi connectivity index (χ4n) is 3.42. The monoisotopic (exact) mass is 315 g/mol. The van der Waals surface area contributed by atoms with Crippen molar-refractivity contribution in [2.75, 3.05) is 24.5 Å². The zero-order valence-corrected chi connectivity index (χ0v) is 13.9. The van der Waals surface area contributed by atoms with Gasteiger partial charge in [0, 0.05) is 31.7 Å². The van der Waals surface area contributed by atoms with Crippen LogP contribution in [0.25, 0.3) is 0 Å². The van der Waals surface area contributed by atoms with Crippen LogP contribution in [0.1, 0.15) is 31.7 Å². The molecule has 0 aromatic heterocycles. The minimum Gasteiger partial charge on any atom is -0.333 e. The van der Waals surface area contributed by atoms with Crippen LogP contribution in [0.4, 0.5) is 10.5 Å². The van der Waals surface area contributed by atoms with E-state index in [0.717, 1.165) is 25.2 Å². The maximum atomic E-state index is 12.4. The lowest BCUT2D eigenvalue weighted by molar-refractivity contribution is -0.117. The van der Waals surface area contributed by atoms with Crippen LogP contribution in [0, 0.1) is 12.8 Å². The predicted molar refractivity (Wildman–Crippen MR) is 90.4 cm³/mol. The number of benzene rings is 1. The van der Waals surface area contributed by atoms with Crippen LogP contribution >= 0.6 is 0 Å². The Morgan fingerprint density at radius 1 is 1.22 bits per heavy atom. The molecule has 0 saturated carbocycles. The van der Waals surface area contributed by atoms with Gasteiger partial charge in [0.05, 0.1) is 6.04 Å². The number of hydrogen-bond donors (Lipinski definition) is 1. The second-order valence-corrected chi connectivity index (χ2v) is 6.88. The summed E-state index contributed by atoms with van der Waals surface area (Å²) in [5.74, 6) is 0.634. The largest absolute Gasteiger partial charge is 0.333 e. The molecule has 3 amide bonds. The van der Waals surface area contributed by atoms with E-state index < -0.39 is 0 Å². The maximum Gasteiger partial charge on any atom is 0.317 e. The summed E-state index contributed by atoms with van der Waals surface area (Å²) in [5, 5.41) is 3.04. The summed E-state index contributed by atoms with van der Waals surface area (Å²) in [5.41, 5.74) is 2.08. The number of anilines is 1. The fourth-order valence-corrected chi connectivity index (χ4v) is 3.42. The van der Waals surface area contributed by atoms with Crippen molar-refractivity contribution < 1.29 is 9.59 Å². The molecule has 2 fully saturated rings.